The van der Waals surface area contributed by atoms with Gasteiger partial charge in [0, 0.05) is 21.8 Å². The predicted octanol–water partition coefficient (Wildman–Crippen LogP) is 3.95. The lowest BCUT2D eigenvalue weighted by atomic mass is 10.2. The largest absolute Gasteiger partial charge is 0.488 e. The van der Waals surface area contributed by atoms with Gasteiger partial charge in [-0.15, -0.1) is 0 Å². The highest BCUT2D eigenvalue weighted by atomic mass is 35.5. The van der Waals surface area contributed by atoms with Gasteiger partial charge in [-0.05, 0) is 37.3 Å². The van der Waals surface area contributed by atoms with Crippen LogP contribution in [0, 0.1) is 12.7 Å². The molecule has 0 saturated heterocycles. The Morgan fingerprint density at radius 2 is 2.06 bits per heavy atom. The predicted molar refractivity (Wildman–Crippen MR) is 71.3 cm³/mol. The van der Waals surface area contributed by atoms with Gasteiger partial charge in [0.1, 0.15) is 18.2 Å². The van der Waals surface area contributed by atoms with E-state index < -0.39 is 0 Å². The maximum Gasteiger partial charge on any atom is 0.124 e. The quantitative estimate of drug-likeness (QED) is 0.853. The van der Waals surface area contributed by atoms with Gasteiger partial charge in [-0.25, -0.2) is 4.39 Å². The maximum absolute atomic E-state index is 13.1. The highest BCUT2D eigenvalue weighted by Gasteiger charge is 2.06. The lowest BCUT2D eigenvalue weighted by molar-refractivity contribution is 0.304. The molecule has 2 aromatic rings. The molecule has 18 heavy (non-hydrogen) atoms. The number of anilines is 1. The van der Waals surface area contributed by atoms with Crippen LogP contribution < -0.4 is 10.5 Å². The Hall–Kier alpha value is -1.74. The lowest BCUT2D eigenvalue weighted by Crippen LogP contribution is -2.00. The minimum Gasteiger partial charge on any atom is -0.488 e. The summed E-state index contributed by atoms with van der Waals surface area (Å²) < 4.78 is 18.7. The Balaban J connectivity index is 2.16. The molecule has 0 saturated carbocycles. The Labute approximate surface area is 110 Å². The molecule has 2 aromatic carbocycles. The van der Waals surface area contributed by atoms with Gasteiger partial charge in [0.05, 0.1) is 0 Å². The Bertz CT molecular complexity index is 570. The number of hydrogen-bond acceptors (Lipinski definition) is 2. The van der Waals surface area contributed by atoms with Crippen molar-refractivity contribution in [3.05, 3.63) is 58.4 Å². The summed E-state index contributed by atoms with van der Waals surface area (Å²) in [4.78, 5) is 0. The highest BCUT2D eigenvalue weighted by molar-refractivity contribution is 6.31. The Kier molecular flexibility index (Phi) is 3.72. The summed E-state index contributed by atoms with van der Waals surface area (Å²) in [7, 11) is 0. The smallest absolute Gasteiger partial charge is 0.124 e. The zero-order chi connectivity index (χ0) is 13.1. The number of ether oxygens (including phenoxy) is 1. The SMILES string of the molecule is Cc1c(N)cccc1OCc1cc(F)ccc1Cl. The molecule has 0 fully saturated rings. The number of hydrogen-bond donors (Lipinski definition) is 1. The number of rotatable bonds is 3. The molecule has 0 aliphatic rings. The van der Waals surface area contributed by atoms with Crippen molar-refractivity contribution in [2.24, 2.45) is 0 Å². The first kappa shape index (κ1) is 12.7. The molecule has 94 valence electrons. The molecule has 0 aliphatic carbocycles. The lowest BCUT2D eigenvalue weighted by Gasteiger charge is -2.11. The molecule has 0 atom stereocenters. The number of nitrogens with two attached hydrogens (primary N) is 1. The fourth-order valence-corrected chi connectivity index (χ4v) is 1.77. The van der Waals surface area contributed by atoms with Crippen LogP contribution >= 0.6 is 11.6 Å². The molecular weight excluding hydrogens is 253 g/mol. The minimum absolute atomic E-state index is 0.209. The number of benzene rings is 2. The monoisotopic (exact) mass is 265 g/mol. The van der Waals surface area contributed by atoms with E-state index in [9.17, 15) is 4.39 Å². The topological polar surface area (TPSA) is 35.2 Å². The molecule has 0 aliphatic heterocycles. The highest BCUT2D eigenvalue weighted by Crippen LogP contribution is 2.25. The van der Waals surface area contributed by atoms with E-state index in [-0.39, 0.29) is 12.4 Å². The van der Waals surface area contributed by atoms with Gasteiger partial charge in [0.2, 0.25) is 0 Å². The van der Waals surface area contributed by atoms with Crippen molar-refractivity contribution in [2.45, 2.75) is 13.5 Å². The van der Waals surface area contributed by atoms with Crippen LogP contribution in [0.3, 0.4) is 0 Å². The van der Waals surface area contributed by atoms with Crippen molar-refractivity contribution >= 4 is 17.3 Å². The second-order valence-electron chi connectivity index (χ2n) is 3.99. The average Bonchev–Trinajstić information content (AvgIpc) is 2.35. The van der Waals surface area contributed by atoms with E-state index in [1.165, 1.54) is 18.2 Å². The van der Waals surface area contributed by atoms with Crippen molar-refractivity contribution in [3.63, 3.8) is 0 Å². The molecule has 0 unspecified atom stereocenters. The van der Waals surface area contributed by atoms with Crippen molar-refractivity contribution in [2.75, 3.05) is 5.73 Å². The molecule has 4 heteroatoms. The van der Waals surface area contributed by atoms with E-state index in [4.69, 9.17) is 22.1 Å². The van der Waals surface area contributed by atoms with Gasteiger partial charge < -0.3 is 10.5 Å². The summed E-state index contributed by atoms with van der Waals surface area (Å²) in [5.74, 6) is 0.345. The molecule has 0 bridgehead atoms. The van der Waals surface area contributed by atoms with Crippen molar-refractivity contribution in [3.8, 4) is 5.75 Å². The fourth-order valence-electron chi connectivity index (χ4n) is 1.60. The second-order valence-corrected chi connectivity index (χ2v) is 4.40. The molecule has 2 rings (SSSR count). The molecule has 0 spiro atoms. The molecule has 0 amide bonds. The van der Waals surface area contributed by atoms with Crippen LogP contribution in [0.5, 0.6) is 5.75 Å². The molecular formula is C14H13ClFNO. The summed E-state index contributed by atoms with van der Waals surface area (Å²) in [6, 6.07) is 9.63. The first-order chi connectivity index (χ1) is 8.58. The standard InChI is InChI=1S/C14H13ClFNO/c1-9-13(17)3-2-4-14(9)18-8-10-7-11(16)5-6-12(10)15/h2-7H,8,17H2,1H3. The number of nitrogen functional groups attached to an aromatic ring is 1. The van der Waals surface area contributed by atoms with Crippen LogP contribution in [-0.2, 0) is 6.61 Å². The van der Waals surface area contributed by atoms with Crippen LogP contribution in [-0.4, -0.2) is 0 Å². The first-order valence-electron chi connectivity index (χ1n) is 5.50. The summed E-state index contributed by atoms with van der Waals surface area (Å²) >= 11 is 5.96. The van der Waals surface area contributed by atoms with E-state index in [0.717, 1.165) is 5.56 Å². The van der Waals surface area contributed by atoms with E-state index >= 15 is 0 Å². The second kappa shape index (κ2) is 5.27. The summed E-state index contributed by atoms with van der Waals surface area (Å²) in [5, 5.41) is 0.484. The van der Waals surface area contributed by atoms with Crippen LogP contribution in [0.15, 0.2) is 36.4 Å². The first-order valence-corrected chi connectivity index (χ1v) is 5.87. The minimum atomic E-state index is -0.331. The van der Waals surface area contributed by atoms with Crippen LogP contribution in [0.1, 0.15) is 11.1 Å². The normalized spacial score (nSPS) is 10.4. The molecule has 2 nitrogen and oxygen atoms in total. The van der Waals surface area contributed by atoms with Gasteiger partial charge in [-0.1, -0.05) is 17.7 Å². The summed E-state index contributed by atoms with van der Waals surface area (Å²) in [6.07, 6.45) is 0. The van der Waals surface area contributed by atoms with Gasteiger partial charge in [-0.3, -0.25) is 0 Å². The van der Waals surface area contributed by atoms with Gasteiger partial charge >= 0.3 is 0 Å². The molecule has 2 N–H and O–H groups in total. The van der Waals surface area contributed by atoms with Crippen molar-refractivity contribution in [1.29, 1.82) is 0 Å². The average molecular weight is 266 g/mol. The zero-order valence-electron chi connectivity index (χ0n) is 9.91. The Morgan fingerprint density at radius 1 is 1.28 bits per heavy atom. The maximum atomic E-state index is 13.1. The van der Waals surface area contributed by atoms with Gasteiger partial charge in [0.25, 0.3) is 0 Å². The van der Waals surface area contributed by atoms with E-state index in [2.05, 4.69) is 0 Å². The van der Waals surface area contributed by atoms with E-state index in [0.29, 0.717) is 22.0 Å². The Morgan fingerprint density at radius 3 is 2.83 bits per heavy atom. The number of halogens is 2. The summed E-state index contributed by atoms with van der Waals surface area (Å²) in [6.45, 7) is 2.08. The van der Waals surface area contributed by atoms with Crippen LogP contribution in [0.2, 0.25) is 5.02 Å². The van der Waals surface area contributed by atoms with Crippen molar-refractivity contribution < 1.29 is 9.13 Å². The van der Waals surface area contributed by atoms with E-state index in [1.807, 2.05) is 19.1 Å². The third-order valence-corrected chi connectivity index (χ3v) is 3.09. The van der Waals surface area contributed by atoms with Gasteiger partial charge in [-0.2, -0.15) is 0 Å². The van der Waals surface area contributed by atoms with Crippen molar-refractivity contribution in [1.82, 2.24) is 0 Å². The van der Waals surface area contributed by atoms with E-state index in [1.54, 1.807) is 6.07 Å². The third kappa shape index (κ3) is 2.74. The molecule has 0 aromatic heterocycles. The van der Waals surface area contributed by atoms with Crippen LogP contribution in [0.4, 0.5) is 10.1 Å². The van der Waals surface area contributed by atoms with Gasteiger partial charge in [0.15, 0.2) is 0 Å². The fraction of sp³-hybridized carbons (Fsp3) is 0.143. The van der Waals surface area contributed by atoms with Crippen LogP contribution in [0.25, 0.3) is 0 Å². The molecule has 0 heterocycles. The third-order valence-electron chi connectivity index (χ3n) is 2.72. The molecule has 0 radical (unpaired) electrons. The zero-order valence-corrected chi connectivity index (χ0v) is 10.7. The summed E-state index contributed by atoms with van der Waals surface area (Å²) in [5.41, 5.74) is 7.92.